The van der Waals surface area contributed by atoms with E-state index in [4.69, 9.17) is 3.32 Å². The minimum Gasteiger partial charge on any atom is -0.147 e. The molecule has 1 aromatic rings. The van der Waals surface area contributed by atoms with Gasteiger partial charge in [0.05, 0.1) is 0 Å². The summed E-state index contributed by atoms with van der Waals surface area (Å²) in [7, 11) is -1.54. The Morgan fingerprint density at radius 2 is 1.56 bits per heavy atom. The summed E-state index contributed by atoms with van der Waals surface area (Å²) in [4.78, 5) is 0. The van der Waals surface area contributed by atoms with Crippen molar-refractivity contribution in [3.05, 3.63) is 45.4 Å². The van der Waals surface area contributed by atoms with Gasteiger partial charge >= 0.3 is 166 Å². The molecule has 0 bridgehead atoms. The maximum atomic E-state index is 6.39. The Labute approximate surface area is 189 Å². The van der Waals surface area contributed by atoms with Crippen LogP contribution < -0.4 is 8.51 Å². The van der Waals surface area contributed by atoms with Gasteiger partial charge in [0, 0.05) is 0 Å². The van der Waals surface area contributed by atoms with Crippen LogP contribution in [0.3, 0.4) is 0 Å². The van der Waals surface area contributed by atoms with Gasteiger partial charge in [-0.1, -0.05) is 0 Å². The average molecular weight is 463 g/mol. The Morgan fingerprint density at radius 1 is 0.963 bits per heavy atom. The standard InChI is InChI=1S/C13H22OSi.C9H13.2ClH.Ti/c1-10-7-11(14)9-12(8-10)15(5,6)13(2,3)4;1-9(2,3)8-6-4-5-7-8;;;/h7-9,14H,1-6H3;4,6H,5H2,1-3H3;2*1H;/q;;;;+1/p-1. The largest absolute Gasteiger partial charge is 0.147 e. The summed E-state index contributed by atoms with van der Waals surface area (Å²) in [5, 5.41) is 1.85. The number of aryl methyl sites for hydroxylation is 1. The normalized spacial score (nSPS) is 14.6. The van der Waals surface area contributed by atoms with Crippen molar-refractivity contribution < 1.29 is 22.9 Å². The Balaban J connectivity index is 0.00000338. The third-order valence-electron chi connectivity index (χ3n) is 5.68. The number of allylic oxidation sites excluding steroid dienone is 4. The minimum atomic E-state index is -1.54. The first-order valence-corrected chi connectivity index (χ1v) is 13.7. The number of halogens is 2. The molecular formula is C22H36Cl2OSiTi. The molecular weight excluding hydrogens is 427 g/mol. The zero-order chi connectivity index (χ0) is 19.0. The van der Waals surface area contributed by atoms with Gasteiger partial charge in [0.15, 0.2) is 0 Å². The van der Waals surface area contributed by atoms with Crippen LogP contribution in [0.25, 0.3) is 0 Å². The molecule has 0 N–H and O–H groups in total. The second kappa shape index (κ2) is 9.67. The van der Waals surface area contributed by atoms with Crippen molar-refractivity contribution in [2.24, 2.45) is 5.41 Å². The van der Waals surface area contributed by atoms with Crippen LogP contribution in [0.5, 0.6) is 5.75 Å². The molecule has 0 amide bonds. The molecule has 152 valence electrons. The van der Waals surface area contributed by atoms with Crippen molar-refractivity contribution in [3.8, 4) is 5.75 Å². The van der Waals surface area contributed by atoms with Crippen molar-refractivity contribution in [1.29, 1.82) is 0 Å². The third-order valence-corrected chi connectivity index (χ3v) is 12.8. The molecule has 2 rings (SSSR count). The maximum absolute atomic E-state index is 6.39. The Kier molecular flexibility index (Phi) is 9.68. The molecule has 0 radical (unpaired) electrons. The molecule has 1 nitrogen and oxygen atoms in total. The molecule has 0 unspecified atom stereocenters. The van der Waals surface area contributed by atoms with Gasteiger partial charge in [0.1, 0.15) is 0 Å². The van der Waals surface area contributed by atoms with Gasteiger partial charge in [-0.05, 0) is 0 Å². The molecule has 0 aromatic heterocycles. The van der Waals surface area contributed by atoms with Crippen molar-refractivity contribution in [2.75, 3.05) is 0 Å². The van der Waals surface area contributed by atoms with Crippen molar-refractivity contribution in [3.63, 3.8) is 0 Å². The molecule has 27 heavy (non-hydrogen) atoms. The van der Waals surface area contributed by atoms with Crippen LogP contribution in [0.15, 0.2) is 39.8 Å². The first-order chi connectivity index (χ1) is 11.3. The van der Waals surface area contributed by atoms with Crippen LogP contribution in [-0.4, -0.2) is 8.07 Å². The smallest absolute Gasteiger partial charge is 0.147 e. The quantitative estimate of drug-likeness (QED) is 0.430. The van der Waals surface area contributed by atoms with Crippen molar-refractivity contribution in [1.82, 2.24) is 0 Å². The van der Waals surface area contributed by atoms with Crippen LogP contribution in [0, 0.1) is 12.3 Å². The zero-order valence-corrected chi connectivity index (χ0v) is 22.5. The Bertz CT molecular complexity index is 710. The van der Waals surface area contributed by atoms with Crippen molar-refractivity contribution >= 4 is 38.1 Å². The molecule has 1 aromatic carbocycles. The van der Waals surface area contributed by atoms with Crippen molar-refractivity contribution in [2.45, 2.75) is 73.0 Å². The zero-order valence-electron chi connectivity index (χ0n) is 18.3. The molecule has 0 heterocycles. The third kappa shape index (κ3) is 6.51. The number of rotatable bonds is 4. The Hall–Kier alpha value is 0.0112. The predicted molar refractivity (Wildman–Crippen MR) is 123 cm³/mol. The van der Waals surface area contributed by atoms with Gasteiger partial charge in [-0.2, -0.15) is 0 Å². The summed E-state index contributed by atoms with van der Waals surface area (Å²) >= 11 is -0.574. The average Bonchev–Trinajstić information content (AvgIpc) is 2.92. The van der Waals surface area contributed by atoms with Gasteiger partial charge in [0.2, 0.25) is 0 Å². The fourth-order valence-corrected chi connectivity index (χ4v) is 6.75. The second-order valence-electron chi connectivity index (χ2n) is 9.86. The van der Waals surface area contributed by atoms with E-state index in [-0.39, 0.29) is 30.2 Å². The summed E-state index contributed by atoms with van der Waals surface area (Å²) in [5.74, 6) is 1.08. The Morgan fingerprint density at radius 3 is 2.07 bits per heavy atom. The SMILES string of the molecule is Cc1cc([O][Ti][C]2=C(C(C)(C)C)C=CC2)cc([Si](C)(C)C(C)(C)C)c1.Cl.Cl. The number of hydrogen-bond donors (Lipinski definition) is 0. The van der Waals surface area contributed by atoms with E-state index in [0.29, 0.717) is 5.04 Å². The van der Waals surface area contributed by atoms with E-state index >= 15 is 0 Å². The summed E-state index contributed by atoms with van der Waals surface area (Å²) in [6.45, 7) is 21.2. The molecule has 1 aliphatic carbocycles. The molecule has 0 aliphatic heterocycles. The van der Waals surface area contributed by atoms with Gasteiger partial charge in [0.25, 0.3) is 0 Å². The van der Waals surface area contributed by atoms with E-state index in [1.165, 1.54) is 16.3 Å². The minimum absolute atomic E-state index is 0. The fourth-order valence-electron chi connectivity index (χ4n) is 3.03. The molecule has 0 saturated heterocycles. The summed E-state index contributed by atoms with van der Waals surface area (Å²) < 4.78 is 7.94. The first-order valence-electron chi connectivity index (χ1n) is 9.27. The van der Waals surface area contributed by atoms with Crippen LogP contribution in [-0.2, 0) is 19.5 Å². The summed E-state index contributed by atoms with van der Waals surface area (Å²) in [6.07, 6.45) is 5.67. The second-order valence-corrected chi connectivity index (χ2v) is 16.8. The van der Waals surface area contributed by atoms with E-state index in [2.05, 4.69) is 91.9 Å². The molecule has 0 fully saturated rings. The molecule has 5 heteroatoms. The first kappa shape index (κ1) is 27.0. The van der Waals surface area contributed by atoms with Gasteiger partial charge in [-0.25, -0.2) is 0 Å². The summed E-state index contributed by atoms with van der Waals surface area (Å²) in [5.41, 5.74) is 3.02. The van der Waals surface area contributed by atoms with E-state index in [1.807, 2.05) is 0 Å². The summed E-state index contributed by atoms with van der Waals surface area (Å²) in [6, 6.07) is 6.91. The number of hydrogen-bond acceptors (Lipinski definition) is 1. The van der Waals surface area contributed by atoms with Gasteiger partial charge in [-0.15, -0.1) is 24.8 Å². The van der Waals surface area contributed by atoms with Crippen LogP contribution in [0.4, 0.5) is 0 Å². The maximum Gasteiger partial charge on any atom is -0.147 e. The van der Waals surface area contributed by atoms with E-state index in [0.717, 1.165) is 12.2 Å². The monoisotopic (exact) mass is 462 g/mol. The number of benzene rings is 1. The van der Waals surface area contributed by atoms with Gasteiger partial charge in [-0.3, -0.25) is 0 Å². The van der Waals surface area contributed by atoms with Crippen LogP contribution in [0.1, 0.15) is 53.5 Å². The van der Waals surface area contributed by atoms with E-state index in [9.17, 15) is 0 Å². The predicted octanol–water partition coefficient (Wildman–Crippen LogP) is 7.19. The topological polar surface area (TPSA) is 9.23 Å². The molecule has 0 spiro atoms. The van der Waals surface area contributed by atoms with E-state index in [1.54, 1.807) is 3.88 Å². The molecule has 0 atom stereocenters. The van der Waals surface area contributed by atoms with Crippen LogP contribution >= 0.6 is 24.8 Å². The fraction of sp³-hybridized carbons (Fsp3) is 0.545. The van der Waals surface area contributed by atoms with Crippen LogP contribution in [0.2, 0.25) is 18.1 Å². The van der Waals surface area contributed by atoms with Gasteiger partial charge < -0.3 is 0 Å². The van der Waals surface area contributed by atoms with E-state index < -0.39 is 27.6 Å². The molecule has 0 saturated carbocycles. The molecule has 1 aliphatic rings.